The molecule has 0 unspecified atom stereocenters. The molecule has 1 N–H and O–H groups in total. The summed E-state index contributed by atoms with van der Waals surface area (Å²) < 4.78 is 16.5. The summed E-state index contributed by atoms with van der Waals surface area (Å²) in [5.41, 5.74) is 0.423. The molecule has 0 aromatic heterocycles. The Morgan fingerprint density at radius 2 is 2.33 bits per heavy atom. The van der Waals surface area contributed by atoms with E-state index in [2.05, 4.69) is 6.58 Å². The predicted molar refractivity (Wildman–Crippen MR) is 88.8 cm³/mol. The number of ether oxygens (including phenoxy) is 3. The normalized spacial score (nSPS) is 25.6. The third kappa shape index (κ3) is 3.04. The summed E-state index contributed by atoms with van der Waals surface area (Å²) >= 11 is 0. The number of benzene rings is 1. The van der Waals surface area contributed by atoms with E-state index >= 15 is 0 Å². The van der Waals surface area contributed by atoms with Crippen LogP contribution >= 0.6 is 0 Å². The number of aryl methyl sites for hydroxylation is 1. The molecule has 2 atom stereocenters. The van der Waals surface area contributed by atoms with E-state index in [9.17, 15) is 9.90 Å². The Bertz CT molecular complexity index is 678. The third-order valence-corrected chi connectivity index (χ3v) is 4.76. The molecule has 5 nitrogen and oxygen atoms in total. The molecule has 1 fully saturated rings. The van der Waals surface area contributed by atoms with Gasteiger partial charge in [0.1, 0.15) is 11.4 Å². The lowest BCUT2D eigenvalue weighted by Crippen LogP contribution is -2.39. The van der Waals surface area contributed by atoms with Gasteiger partial charge in [0.25, 0.3) is 0 Å². The Hall–Kier alpha value is -2.27. The minimum absolute atomic E-state index is 0.0770. The number of hydrogen-bond donors (Lipinski definition) is 1. The summed E-state index contributed by atoms with van der Waals surface area (Å²) in [6, 6.07) is 5.36. The number of hydrogen-bond acceptors (Lipinski definition) is 5. The summed E-state index contributed by atoms with van der Waals surface area (Å²) in [7, 11) is 1.52. The molecular formula is C19H22O5. The maximum absolute atomic E-state index is 12.2. The molecule has 3 rings (SSSR count). The first-order valence-electron chi connectivity index (χ1n) is 8.07. The Balaban J connectivity index is 1.77. The van der Waals surface area contributed by atoms with Crippen LogP contribution in [0.5, 0.6) is 11.5 Å². The number of allylic oxidation sites excluding steroid dienone is 2. The van der Waals surface area contributed by atoms with Gasteiger partial charge in [-0.2, -0.15) is 0 Å². The molecule has 0 amide bonds. The SMILES string of the molecule is C=CC[C@H]1C[C@]2(CCc3ccc(OC)c(O)c3)OCOC2=CC1=O. The first kappa shape index (κ1) is 16.6. The Labute approximate surface area is 141 Å². The van der Waals surface area contributed by atoms with E-state index in [4.69, 9.17) is 14.2 Å². The van der Waals surface area contributed by atoms with Crippen LogP contribution in [0.3, 0.4) is 0 Å². The number of phenols is 1. The van der Waals surface area contributed by atoms with Crippen molar-refractivity contribution >= 4 is 5.78 Å². The van der Waals surface area contributed by atoms with E-state index < -0.39 is 5.60 Å². The maximum atomic E-state index is 12.2. The van der Waals surface area contributed by atoms with E-state index in [0.29, 0.717) is 37.2 Å². The molecule has 128 valence electrons. The van der Waals surface area contributed by atoms with Gasteiger partial charge < -0.3 is 19.3 Å². The number of ketones is 1. The van der Waals surface area contributed by atoms with Crippen LogP contribution in [-0.4, -0.2) is 30.4 Å². The molecule has 1 aromatic rings. The summed E-state index contributed by atoms with van der Waals surface area (Å²) in [5, 5.41) is 9.91. The zero-order chi connectivity index (χ0) is 17.2. The van der Waals surface area contributed by atoms with Crippen LogP contribution in [0.25, 0.3) is 0 Å². The fourth-order valence-corrected chi connectivity index (χ4v) is 3.42. The highest BCUT2D eigenvalue weighted by Crippen LogP contribution is 2.43. The van der Waals surface area contributed by atoms with E-state index in [-0.39, 0.29) is 24.2 Å². The Kier molecular flexibility index (Phi) is 4.62. The largest absolute Gasteiger partial charge is 0.504 e. The van der Waals surface area contributed by atoms with Gasteiger partial charge in [-0.1, -0.05) is 12.1 Å². The van der Waals surface area contributed by atoms with Crippen molar-refractivity contribution in [1.82, 2.24) is 0 Å². The van der Waals surface area contributed by atoms with Gasteiger partial charge >= 0.3 is 0 Å². The van der Waals surface area contributed by atoms with E-state index in [0.717, 1.165) is 5.56 Å². The minimum atomic E-state index is -0.558. The number of phenolic OH excluding ortho intramolecular Hbond substituents is 1. The molecule has 5 heteroatoms. The lowest BCUT2D eigenvalue weighted by molar-refractivity contribution is -0.121. The highest BCUT2D eigenvalue weighted by Gasteiger charge is 2.47. The zero-order valence-electron chi connectivity index (χ0n) is 13.8. The summed E-state index contributed by atoms with van der Waals surface area (Å²) in [4.78, 5) is 12.2. The van der Waals surface area contributed by atoms with Crippen LogP contribution in [0.1, 0.15) is 24.8 Å². The highest BCUT2D eigenvalue weighted by atomic mass is 16.7. The van der Waals surface area contributed by atoms with Gasteiger partial charge in [0.2, 0.25) is 0 Å². The molecule has 2 aliphatic rings. The second kappa shape index (κ2) is 6.69. The quantitative estimate of drug-likeness (QED) is 0.812. The van der Waals surface area contributed by atoms with Gasteiger partial charge in [-0.25, -0.2) is 0 Å². The number of carbonyl (C=O) groups is 1. The van der Waals surface area contributed by atoms with E-state index in [1.54, 1.807) is 24.3 Å². The fourth-order valence-electron chi connectivity index (χ4n) is 3.42. The molecule has 1 heterocycles. The van der Waals surface area contributed by atoms with Crippen molar-refractivity contribution in [3.63, 3.8) is 0 Å². The Morgan fingerprint density at radius 1 is 1.50 bits per heavy atom. The third-order valence-electron chi connectivity index (χ3n) is 4.76. The van der Waals surface area contributed by atoms with Crippen molar-refractivity contribution in [2.75, 3.05) is 13.9 Å². The van der Waals surface area contributed by atoms with Crippen molar-refractivity contribution in [3.05, 3.63) is 48.3 Å². The average Bonchev–Trinajstić information content (AvgIpc) is 2.96. The second-order valence-corrected chi connectivity index (χ2v) is 6.24. The van der Waals surface area contributed by atoms with Crippen LogP contribution < -0.4 is 4.74 Å². The van der Waals surface area contributed by atoms with Gasteiger partial charge in [-0.3, -0.25) is 4.79 Å². The molecule has 1 saturated heterocycles. The molecule has 1 aliphatic carbocycles. The van der Waals surface area contributed by atoms with Crippen LogP contribution in [0, 0.1) is 5.92 Å². The van der Waals surface area contributed by atoms with E-state index in [1.165, 1.54) is 7.11 Å². The number of aromatic hydroxyl groups is 1. The summed E-state index contributed by atoms with van der Waals surface area (Å²) in [6.07, 6.45) is 5.98. The molecule has 1 aliphatic heterocycles. The lowest BCUT2D eigenvalue weighted by atomic mass is 9.76. The first-order valence-corrected chi connectivity index (χ1v) is 8.07. The molecular weight excluding hydrogens is 308 g/mol. The van der Waals surface area contributed by atoms with Gasteiger partial charge in [-0.05, 0) is 43.4 Å². The van der Waals surface area contributed by atoms with Crippen molar-refractivity contribution < 1.29 is 24.1 Å². The molecule has 0 spiro atoms. The Morgan fingerprint density at radius 3 is 3.04 bits per heavy atom. The van der Waals surface area contributed by atoms with Gasteiger partial charge in [0.15, 0.2) is 24.1 Å². The highest BCUT2D eigenvalue weighted by molar-refractivity contribution is 5.93. The summed E-state index contributed by atoms with van der Waals surface area (Å²) in [5.74, 6) is 1.17. The topological polar surface area (TPSA) is 65.0 Å². The maximum Gasteiger partial charge on any atom is 0.189 e. The van der Waals surface area contributed by atoms with Gasteiger partial charge in [0.05, 0.1) is 7.11 Å². The smallest absolute Gasteiger partial charge is 0.189 e. The van der Waals surface area contributed by atoms with E-state index in [1.807, 2.05) is 6.07 Å². The van der Waals surface area contributed by atoms with Crippen LogP contribution in [0.2, 0.25) is 0 Å². The summed E-state index contributed by atoms with van der Waals surface area (Å²) in [6.45, 7) is 3.91. The van der Waals surface area contributed by atoms with Crippen LogP contribution in [0.4, 0.5) is 0 Å². The standard InChI is InChI=1S/C19H22O5/c1-3-4-14-11-19(18(10-15(14)20)23-12-24-19)8-7-13-5-6-17(22-2)16(21)9-13/h3,5-6,9-10,14,21H,1,4,7-8,11-12H2,2H3/t14-,19-/m0/s1. The molecule has 24 heavy (non-hydrogen) atoms. The number of methoxy groups -OCH3 is 1. The van der Waals surface area contributed by atoms with Crippen molar-refractivity contribution in [2.45, 2.75) is 31.3 Å². The zero-order valence-corrected chi connectivity index (χ0v) is 13.8. The molecule has 1 aromatic carbocycles. The monoisotopic (exact) mass is 330 g/mol. The number of rotatable bonds is 6. The van der Waals surface area contributed by atoms with Crippen molar-refractivity contribution in [2.24, 2.45) is 5.92 Å². The van der Waals surface area contributed by atoms with Gasteiger partial charge in [-0.15, -0.1) is 6.58 Å². The van der Waals surface area contributed by atoms with Crippen molar-refractivity contribution in [3.8, 4) is 11.5 Å². The lowest BCUT2D eigenvalue weighted by Gasteiger charge is -2.33. The first-order chi connectivity index (χ1) is 11.6. The number of fused-ring (bicyclic) bond motifs is 1. The van der Waals surface area contributed by atoms with Crippen molar-refractivity contribution in [1.29, 1.82) is 0 Å². The van der Waals surface area contributed by atoms with Crippen LogP contribution in [0.15, 0.2) is 42.7 Å². The fraction of sp³-hybridized carbons (Fsp3) is 0.421. The molecule has 0 bridgehead atoms. The van der Waals surface area contributed by atoms with Crippen LogP contribution in [-0.2, 0) is 20.7 Å². The molecule has 0 saturated carbocycles. The predicted octanol–water partition coefficient (Wildman–Crippen LogP) is 3.13. The molecule has 0 radical (unpaired) electrons. The van der Waals surface area contributed by atoms with Gasteiger partial charge in [0, 0.05) is 12.0 Å². The second-order valence-electron chi connectivity index (χ2n) is 6.24. The minimum Gasteiger partial charge on any atom is -0.504 e. The number of carbonyl (C=O) groups excluding carboxylic acids is 1. The average molecular weight is 330 g/mol.